The number of carbonyl (C=O) groups is 1. The average molecular weight is 319 g/mol. The summed E-state index contributed by atoms with van der Waals surface area (Å²) in [4.78, 5) is 15.9. The van der Waals surface area contributed by atoms with Crippen LogP contribution in [0.1, 0.15) is 31.4 Å². The second kappa shape index (κ2) is 7.79. The molecule has 5 heteroatoms. The third-order valence-electron chi connectivity index (χ3n) is 4.11. The number of aliphatic hydroxyl groups is 1. The molecule has 1 aromatic rings. The van der Waals surface area contributed by atoms with Gasteiger partial charge in [0.25, 0.3) is 0 Å². The molecule has 0 aliphatic carbocycles. The Hall–Kier alpha value is -1.59. The smallest absolute Gasteiger partial charge is 0.317 e. The molecule has 1 heterocycles. The van der Waals surface area contributed by atoms with Gasteiger partial charge in [-0.25, -0.2) is 4.79 Å². The highest BCUT2D eigenvalue weighted by Gasteiger charge is 2.19. The minimum atomic E-state index is -0.868. The zero-order chi connectivity index (χ0) is 16.9. The van der Waals surface area contributed by atoms with E-state index in [1.807, 2.05) is 0 Å². The largest absolute Gasteiger partial charge is 0.389 e. The Morgan fingerprint density at radius 1 is 1.35 bits per heavy atom. The van der Waals surface area contributed by atoms with E-state index in [-0.39, 0.29) is 6.03 Å². The van der Waals surface area contributed by atoms with E-state index in [1.54, 1.807) is 20.9 Å². The first kappa shape index (κ1) is 17.8. The zero-order valence-electron chi connectivity index (χ0n) is 14.5. The van der Waals surface area contributed by atoms with Gasteiger partial charge in [0.15, 0.2) is 0 Å². The second-order valence-corrected chi connectivity index (χ2v) is 7.05. The van der Waals surface area contributed by atoms with Crippen molar-refractivity contribution in [2.24, 2.45) is 0 Å². The van der Waals surface area contributed by atoms with Crippen molar-refractivity contribution in [3.63, 3.8) is 0 Å². The van der Waals surface area contributed by atoms with Gasteiger partial charge >= 0.3 is 6.03 Å². The molecule has 0 saturated carbocycles. The molecule has 0 bridgehead atoms. The molecule has 128 valence electrons. The Kier molecular flexibility index (Phi) is 6.02. The van der Waals surface area contributed by atoms with Gasteiger partial charge in [0, 0.05) is 33.2 Å². The standard InChI is InChI=1S/C18H29N3O2/c1-18(2,23)14-20(3)17(22)19-10-6-11-21-12-9-15-7-4-5-8-16(15)13-21/h4-5,7-8,23H,6,9-14H2,1-3H3,(H,19,22). The van der Waals surface area contributed by atoms with Crippen LogP contribution in [0.2, 0.25) is 0 Å². The lowest BCUT2D eigenvalue weighted by Gasteiger charge is -2.29. The van der Waals surface area contributed by atoms with Gasteiger partial charge in [-0.2, -0.15) is 0 Å². The summed E-state index contributed by atoms with van der Waals surface area (Å²) in [6.45, 7) is 7.46. The Labute approximate surface area is 139 Å². The van der Waals surface area contributed by atoms with Crippen LogP contribution >= 0.6 is 0 Å². The molecule has 2 N–H and O–H groups in total. The van der Waals surface area contributed by atoms with Crippen LogP contribution < -0.4 is 5.32 Å². The molecule has 1 aromatic carbocycles. The maximum Gasteiger partial charge on any atom is 0.317 e. The van der Waals surface area contributed by atoms with Gasteiger partial charge in [0.2, 0.25) is 0 Å². The van der Waals surface area contributed by atoms with Crippen molar-refractivity contribution in [2.45, 2.75) is 38.8 Å². The van der Waals surface area contributed by atoms with E-state index < -0.39 is 5.60 Å². The Bertz CT molecular complexity index is 525. The first-order valence-corrected chi connectivity index (χ1v) is 8.36. The number of hydrogen-bond acceptors (Lipinski definition) is 3. The summed E-state index contributed by atoms with van der Waals surface area (Å²) in [5.74, 6) is 0. The normalized spacial score (nSPS) is 15.1. The minimum absolute atomic E-state index is 0.129. The predicted octanol–water partition coefficient (Wildman–Crippen LogP) is 1.85. The monoisotopic (exact) mass is 319 g/mol. The third kappa shape index (κ3) is 5.84. The highest BCUT2D eigenvalue weighted by molar-refractivity contribution is 5.73. The van der Waals surface area contributed by atoms with Crippen LogP contribution in [-0.2, 0) is 13.0 Å². The predicted molar refractivity (Wildman–Crippen MR) is 92.4 cm³/mol. The summed E-state index contributed by atoms with van der Waals surface area (Å²) in [5.41, 5.74) is 2.02. The number of nitrogens with zero attached hydrogens (tertiary/aromatic N) is 2. The van der Waals surface area contributed by atoms with Crippen LogP contribution in [0, 0.1) is 0 Å². The number of fused-ring (bicyclic) bond motifs is 1. The van der Waals surface area contributed by atoms with E-state index in [2.05, 4.69) is 34.5 Å². The van der Waals surface area contributed by atoms with E-state index in [0.717, 1.165) is 32.5 Å². The van der Waals surface area contributed by atoms with Gasteiger partial charge in [0.05, 0.1) is 12.1 Å². The molecule has 0 unspecified atom stereocenters. The summed E-state index contributed by atoms with van der Waals surface area (Å²) in [5, 5.41) is 12.6. The molecule has 0 aromatic heterocycles. The summed E-state index contributed by atoms with van der Waals surface area (Å²) in [6, 6.07) is 8.49. The van der Waals surface area contributed by atoms with Crippen LogP contribution in [-0.4, -0.2) is 59.8 Å². The van der Waals surface area contributed by atoms with Gasteiger partial charge in [-0.05, 0) is 37.8 Å². The summed E-state index contributed by atoms with van der Waals surface area (Å²) >= 11 is 0. The molecule has 5 nitrogen and oxygen atoms in total. The fourth-order valence-corrected chi connectivity index (χ4v) is 3.03. The van der Waals surface area contributed by atoms with Crippen molar-refractivity contribution < 1.29 is 9.90 Å². The fraction of sp³-hybridized carbons (Fsp3) is 0.611. The lowest BCUT2D eigenvalue weighted by molar-refractivity contribution is 0.0532. The molecular formula is C18H29N3O2. The number of amides is 2. The maximum atomic E-state index is 11.9. The lowest BCUT2D eigenvalue weighted by atomic mass is 10.00. The van der Waals surface area contributed by atoms with E-state index in [0.29, 0.717) is 13.1 Å². The molecule has 0 atom stereocenters. The molecule has 0 radical (unpaired) electrons. The number of nitrogens with one attached hydrogen (secondary N) is 1. The first-order chi connectivity index (χ1) is 10.8. The molecule has 0 fully saturated rings. The number of likely N-dealkylation sites (N-methyl/N-ethyl adjacent to an activating group) is 1. The van der Waals surface area contributed by atoms with Gasteiger partial charge in [-0.1, -0.05) is 24.3 Å². The zero-order valence-corrected chi connectivity index (χ0v) is 14.5. The van der Waals surface area contributed by atoms with Crippen molar-refractivity contribution in [3.05, 3.63) is 35.4 Å². The van der Waals surface area contributed by atoms with Crippen molar-refractivity contribution >= 4 is 6.03 Å². The molecule has 1 aliphatic rings. The molecule has 0 saturated heterocycles. The fourth-order valence-electron chi connectivity index (χ4n) is 3.03. The van der Waals surface area contributed by atoms with Crippen molar-refractivity contribution in [3.8, 4) is 0 Å². The molecule has 2 rings (SSSR count). The summed E-state index contributed by atoms with van der Waals surface area (Å²) in [7, 11) is 1.70. The SMILES string of the molecule is CN(CC(C)(C)O)C(=O)NCCCN1CCc2ccccc2C1. The van der Waals surface area contributed by atoms with Gasteiger partial charge in [-0.15, -0.1) is 0 Å². The first-order valence-electron chi connectivity index (χ1n) is 8.36. The summed E-state index contributed by atoms with van der Waals surface area (Å²) < 4.78 is 0. The number of benzene rings is 1. The number of urea groups is 1. The highest BCUT2D eigenvalue weighted by atomic mass is 16.3. The summed E-state index contributed by atoms with van der Waals surface area (Å²) in [6.07, 6.45) is 2.04. The van der Waals surface area contributed by atoms with Crippen LogP contribution in [0.3, 0.4) is 0 Å². The van der Waals surface area contributed by atoms with Crippen molar-refractivity contribution in [1.82, 2.24) is 15.1 Å². The van der Waals surface area contributed by atoms with Crippen LogP contribution in [0.15, 0.2) is 24.3 Å². The highest BCUT2D eigenvalue weighted by Crippen LogP contribution is 2.18. The Morgan fingerprint density at radius 3 is 2.74 bits per heavy atom. The maximum absolute atomic E-state index is 11.9. The van der Waals surface area contributed by atoms with Crippen LogP contribution in [0.5, 0.6) is 0 Å². The van der Waals surface area contributed by atoms with Gasteiger partial charge in [-0.3, -0.25) is 4.90 Å². The minimum Gasteiger partial charge on any atom is -0.389 e. The number of carbonyl (C=O) groups excluding carboxylic acids is 1. The van der Waals surface area contributed by atoms with E-state index in [1.165, 1.54) is 16.0 Å². The molecule has 1 aliphatic heterocycles. The van der Waals surface area contributed by atoms with E-state index in [9.17, 15) is 9.90 Å². The molecule has 2 amide bonds. The molecular weight excluding hydrogens is 290 g/mol. The third-order valence-corrected chi connectivity index (χ3v) is 4.11. The van der Waals surface area contributed by atoms with E-state index in [4.69, 9.17) is 0 Å². The Balaban J connectivity index is 1.65. The number of hydrogen-bond donors (Lipinski definition) is 2. The average Bonchev–Trinajstić information content (AvgIpc) is 2.49. The quantitative estimate of drug-likeness (QED) is 0.787. The molecule has 23 heavy (non-hydrogen) atoms. The van der Waals surface area contributed by atoms with E-state index >= 15 is 0 Å². The lowest BCUT2D eigenvalue weighted by Crippen LogP contribution is -2.45. The van der Waals surface area contributed by atoms with Gasteiger partial charge < -0.3 is 15.3 Å². The van der Waals surface area contributed by atoms with Crippen molar-refractivity contribution in [1.29, 1.82) is 0 Å². The van der Waals surface area contributed by atoms with Crippen LogP contribution in [0.4, 0.5) is 4.79 Å². The van der Waals surface area contributed by atoms with Gasteiger partial charge in [0.1, 0.15) is 0 Å². The van der Waals surface area contributed by atoms with Crippen LogP contribution in [0.25, 0.3) is 0 Å². The second-order valence-electron chi connectivity index (χ2n) is 7.05. The van der Waals surface area contributed by atoms with Crippen molar-refractivity contribution in [2.75, 3.05) is 33.2 Å². The topological polar surface area (TPSA) is 55.8 Å². The Morgan fingerprint density at radius 2 is 2.04 bits per heavy atom. The molecule has 0 spiro atoms. The number of rotatable bonds is 6.